The van der Waals surface area contributed by atoms with Crippen LogP contribution in [0.2, 0.25) is 0 Å². The summed E-state index contributed by atoms with van der Waals surface area (Å²) in [5.74, 6) is 5.77. The van der Waals surface area contributed by atoms with E-state index in [2.05, 4.69) is 10.2 Å². The number of benzene rings is 3. The topological polar surface area (TPSA) is 95.9 Å². The van der Waals surface area contributed by atoms with Gasteiger partial charge in [0, 0.05) is 16.7 Å². The maximum atomic E-state index is 12.4. The summed E-state index contributed by atoms with van der Waals surface area (Å²) in [6.07, 6.45) is -0.354. The molecule has 0 aliphatic heterocycles. The molecule has 31 heavy (non-hydrogen) atoms. The second-order valence-electron chi connectivity index (χ2n) is 6.82. The number of anilines is 1. The highest BCUT2D eigenvalue weighted by atomic mass is 16.2. The lowest BCUT2D eigenvalue weighted by Crippen LogP contribution is -2.38. The van der Waals surface area contributed by atoms with Gasteiger partial charge in [0.05, 0.1) is 6.07 Å². The van der Waals surface area contributed by atoms with Gasteiger partial charge in [-0.05, 0) is 11.1 Å². The molecule has 3 aromatic carbocycles. The summed E-state index contributed by atoms with van der Waals surface area (Å²) in [7, 11) is 0. The summed E-state index contributed by atoms with van der Waals surface area (Å²) in [5.41, 5.74) is 4.80. The molecule has 0 saturated carbocycles. The molecule has 0 aliphatic rings. The first-order chi connectivity index (χ1) is 15.2. The van der Waals surface area contributed by atoms with Crippen LogP contribution in [-0.4, -0.2) is 16.1 Å². The number of nitrogens with zero attached hydrogens (tertiary/aromatic N) is 4. The molecule has 0 aliphatic carbocycles. The average Bonchev–Trinajstić information content (AvgIpc) is 2.84. The first-order valence-electron chi connectivity index (χ1n) is 9.72. The predicted molar refractivity (Wildman–Crippen MR) is 120 cm³/mol. The van der Waals surface area contributed by atoms with E-state index in [9.17, 15) is 4.79 Å². The van der Waals surface area contributed by atoms with Gasteiger partial charge >= 0.3 is 0 Å². The average molecular weight is 405 g/mol. The van der Waals surface area contributed by atoms with Gasteiger partial charge in [0.1, 0.15) is 12.1 Å². The van der Waals surface area contributed by atoms with Crippen molar-refractivity contribution in [3.05, 3.63) is 91.0 Å². The summed E-state index contributed by atoms with van der Waals surface area (Å²) >= 11 is 0. The predicted octanol–water partition coefficient (Wildman–Crippen LogP) is 4.60. The largest absolute Gasteiger partial charge is 0.272 e. The third-order valence-corrected chi connectivity index (χ3v) is 4.85. The third-order valence-electron chi connectivity index (χ3n) is 4.85. The Labute approximate surface area is 180 Å². The summed E-state index contributed by atoms with van der Waals surface area (Å²) in [6, 6.07) is 31.0. The van der Waals surface area contributed by atoms with E-state index in [1.165, 1.54) is 0 Å². The van der Waals surface area contributed by atoms with Crippen LogP contribution < -0.4 is 10.9 Å². The Balaban J connectivity index is 2.08. The molecule has 6 heteroatoms. The quantitative estimate of drug-likeness (QED) is 0.297. The van der Waals surface area contributed by atoms with E-state index in [1.54, 1.807) is 0 Å². The molecule has 4 aromatic rings. The van der Waals surface area contributed by atoms with Gasteiger partial charge < -0.3 is 0 Å². The number of carbonyl (C=O) groups excluding carboxylic acids is 1. The highest BCUT2D eigenvalue weighted by molar-refractivity contribution is 6.02. The molecule has 4 rings (SSSR count). The van der Waals surface area contributed by atoms with E-state index >= 15 is 0 Å². The molecule has 150 valence electrons. The number of hydrazine groups is 1. The van der Waals surface area contributed by atoms with Crippen molar-refractivity contribution in [1.82, 2.24) is 10.2 Å². The molecule has 0 saturated heterocycles. The first-order valence-corrected chi connectivity index (χ1v) is 9.72. The molecule has 1 heterocycles. The van der Waals surface area contributed by atoms with Gasteiger partial charge in [-0.3, -0.25) is 4.79 Å². The fourth-order valence-corrected chi connectivity index (χ4v) is 3.43. The molecular formula is C25H19N5O. The number of amides is 1. The fraction of sp³-hybridized carbons (Fsp3) is 0.0400. The minimum absolute atomic E-state index is 0.199. The normalized spacial score (nSPS) is 10.3. The summed E-state index contributed by atoms with van der Waals surface area (Å²) in [5, 5.41) is 18.7. The highest BCUT2D eigenvalue weighted by Crippen LogP contribution is 2.42. The molecule has 0 fully saturated rings. The molecule has 1 aromatic heterocycles. The number of nitriles is 1. The SMILES string of the molecule is N#CCC(=O)N(N)c1nnc(-c2ccccc2)c(-c2ccccc2)c1-c1ccccc1. The lowest BCUT2D eigenvalue weighted by molar-refractivity contribution is -0.117. The van der Waals surface area contributed by atoms with Gasteiger partial charge in [-0.2, -0.15) is 5.26 Å². The van der Waals surface area contributed by atoms with Crippen molar-refractivity contribution in [3.8, 4) is 39.6 Å². The van der Waals surface area contributed by atoms with E-state index < -0.39 is 5.91 Å². The molecule has 0 bridgehead atoms. The van der Waals surface area contributed by atoms with Crippen molar-refractivity contribution < 1.29 is 4.79 Å². The Morgan fingerprint density at radius 1 is 0.774 bits per heavy atom. The Morgan fingerprint density at radius 3 is 1.77 bits per heavy atom. The maximum absolute atomic E-state index is 12.4. The molecule has 0 spiro atoms. The van der Waals surface area contributed by atoms with Gasteiger partial charge in [0.25, 0.3) is 5.91 Å². The van der Waals surface area contributed by atoms with E-state index in [1.807, 2.05) is 97.1 Å². The summed E-state index contributed by atoms with van der Waals surface area (Å²) in [6.45, 7) is 0. The second kappa shape index (κ2) is 8.99. The van der Waals surface area contributed by atoms with Crippen molar-refractivity contribution in [1.29, 1.82) is 5.26 Å². The van der Waals surface area contributed by atoms with Gasteiger partial charge in [0.15, 0.2) is 5.82 Å². The van der Waals surface area contributed by atoms with Crippen molar-refractivity contribution in [2.24, 2.45) is 5.84 Å². The van der Waals surface area contributed by atoms with Crippen LogP contribution in [0.1, 0.15) is 6.42 Å². The maximum Gasteiger partial charge on any atom is 0.256 e. The Bertz CT molecular complexity index is 1240. The monoisotopic (exact) mass is 405 g/mol. The van der Waals surface area contributed by atoms with Crippen LogP contribution in [0.5, 0.6) is 0 Å². The van der Waals surface area contributed by atoms with Crippen LogP contribution in [0.4, 0.5) is 5.82 Å². The number of carbonyl (C=O) groups is 1. The molecule has 6 nitrogen and oxygen atoms in total. The lowest BCUT2D eigenvalue weighted by Gasteiger charge is -2.22. The van der Waals surface area contributed by atoms with Crippen LogP contribution in [-0.2, 0) is 4.79 Å². The minimum atomic E-state index is -0.555. The van der Waals surface area contributed by atoms with Crippen LogP contribution in [0.15, 0.2) is 91.0 Å². The lowest BCUT2D eigenvalue weighted by atomic mass is 9.91. The Morgan fingerprint density at radius 2 is 1.26 bits per heavy atom. The van der Waals surface area contributed by atoms with E-state index in [-0.39, 0.29) is 12.2 Å². The smallest absolute Gasteiger partial charge is 0.256 e. The summed E-state index contributed by atoms with van der Waals surface area (Å²) in [4.78, 5) is 12.4. The fourth-order valence-electron chi connectivity index (χ4n) is 3.43. The zero-order chi connectivity index (χ0) is 21.6. The molecule has 0 radical (unpaired) electrons. The van der Waals surface area contributed by atoms with Gasteiger partial charge in [-0.25, -0.2) is 10.9 Å². The van der Waals surface area contributed by atoms with Crippen LogP contribution in [0.3, 0.4) is 0 Å². The minimum Gasteiger partial charge on any atom is -0.272 e. The van der Waals surface area contributed by atoms with Crippen LogP contribution >= 0.6 is 0 Å². The summed E-state index contributed by atoms with van der Waals surface area (Å²) < 4.78 is 0. The molecule has 0 unspecified atom stereocenters. The number of nitrogens with two attached hydrogens (primary N) is 1. The van der Waals surface area contributed by atoms with Crippen molar-refractivity contribution >= 4 is 11.7 Å². The van der Waals surface area contributed by atoms with Crippen molar-refractivity contribution in [3.63, 3.8) is 0 Å². The molecular weight excluding hydrogens is 386 g/mol. The van der Waals surface area contributed by atoms with Crippen molar-refractivity contribution in [2.75, 3.05) is 5.01 Å². The zero-order valence-corrected chi connectivity index (χ0v) is 16.6. The third kappa shape index (κ3) is 4.04. The van der Waals surface area contributed by atoms with E-state index in [4.69, 9.17) is 11.1 Å². The van der Waals surface area contributed by atoms with Crippen LogP contribution in [0, 0.1) is 11.3 Å². The van der Waals surface area contributed by atoms with Crippen LogP contribution in [0.25, 0.3) is 33.5 Å². The van der Waals surface area contributed by atoms with Gasteiger partial charge in [-0.15, -0.1) is 10.2 Å². The zero-order valence-electron chi connectivity index (χ0n) is 16.6. The number of hydrogen-bond acceptors (Lipinski definition) is 5. The van der Waals surface area contributed by atoms with E-state index in [0.717, 1.165) is 27.3 Å². The number of hydrogen-bond donors (Lipinski definition) is 1. The molecule has 0 atom stereocenters. The van der Waals surface area contributed by atoms with Gasteiger partial charge in [0.2, 0.25) is 0 Å². The highest BCUT2D eigenvalue weighted by Gasteiger charge is 2.25. The number of rotatable bonds is 5. The van der Waals surface area contributed by atoms with E-state index in [0.29, 0.717) is 11.3 Å². The van der Waals surface area contributed by atoms with Crippen molar-refractivity contribution in [2.45, 2.75) is 6.42 Å². The Kier molecular flexibility index (Phi) is 5.79. The second-order valence-corrected chi connectivity index (χ2v) is 6.82. The Hall–Kier alpha value is -4.34. The van der Waals surface area contributed by atoms with Gasteiger partial charge in [-0.1, -0.05) is 91.0 Å². The molecule has 1 amide bonds. The molecule has 2 N–H and O–H groups in total. The number of aromatic nitrogens is 2. The standard InChI is InChI=1S/C25H19N5O/c26-17-16-21(31)30(27)25-23(19-12-6-2-7-13-19)22(18-10-4-1-5-11-18)24(28-29-25)20-14-8-3-9-15-20/h1-15H,16,27H2. The first kappa shape index (κ1) is 20.0.